The van der Waals surface area contributed by atoms with Gasteiger partial charge in [0.25, 0.3) is 0 Å². The molecule has 8 nitrogen and oxygen atoms in total. The van der Waals surface area contributed by atoms with E-state index < -0.39 is 11.9 Å². The van der Waals surface area contributed by atoms with Crippen LogP contribution in [0.1, 0.15) is 20.8 Å². The largest absolute Gasteiger partial charge is 0.476 e. The van der Waals surface area contributed by atoms with Crippen molar-refractivity contribution in [3.05, 3.63) is 42.1 Å². The quantitative estimate of drug-likeness (QED) is 0.691. The average Bonchev–Trinajstić information content (AvgIpc) is 2.88. The van der Waals surface area contributed by atoms with Crippen LogP contribution in [0.5, 0.6) is 0 Å². The SMILES string of the molecule is NC(=O)c1ccc(NCCn2cnc(C(=O)O)c2)nc1. The van der Waals surface area contributed by atoms with Crippen molar-refractivity contribution in [1.29, 1.82) is 0 Å². The molecule has 2 aromatic heterocycles. The summed E-state index contributed by atoms with van der Waals surface area (Å²) in [5.41, 5.74) is 5.46. The minimum Gasteiger partial charge on any atom is -0.476 e. The van der Waals surface area contributed by atoms with E-state index in [0.29, 0.717) is 24.5 Å². The first kappa shape index (κ1) is 13.5. The maximum atomic E-state index is 10.9. The van der Waals surface area contributed by atoms with Crippen LogP contribution < -0.4 is 11.1 Å². The van der Waals surface area contributed by atoms with Crippen LogP contribution in [0, 0.1) is 0 Å². The highest BCUT2D eigenvalue weighted by Crippen LogP contribution is 2.04. The van der Waals surface area contributed by atoms with Crippen molar-refractivity contribution in [3.63, 3.8) is 0 Å². The van der Waals surface area contributed by atoms with E-state index in [4.69, 9.17) is 10.8 Å². The summed E-state index contributed by atoms with van der Waals surface area (Å²) in [6.45, 7) is 1.08. The maximum absolute atomic E-state index is 10.9. The highest BCUT2D eigenvalue weighted by molar-refractivity contribution is 5.92. The van der Waals surface area contributed by atoms with Crippen LogP contribution in [0.25, 0.3) is 0 Å². The Hall–Kier alpha value is -2.90. The normalized spacial score (nSPS) is 10.2. The molecule has 4 N–H and O–H groups in total. The Labute approximate surface area is 114 Å². The second kappa shape index (κ2) is 5.83. The lowest BCUT2D eigenvalue weighted by Crippen LogP contribution is -2.13. The molecular weight excluding hydrogens is 262 g/mol. The Kier molecular flexibility index (Phi) is 3.94. The Balaban J connectivity index is 1.85. The second-order valence-electron chi connectivity index (χ2n) is 4.03. The van der Waals surface area contributed by atoms with Gasteiger partial charge in [-0.15, -0.1) is 0 Å². The van der Waals surface area contributed by atoms with Gasteiger partial charge in [0.15, 0.2) is 5.69 Å². The van der Waals surface area contributed by atoms with Crippen molar-refractivity contribution in [2.45, 2.75) is 6.54 Å². The summed E-state index contributed by atoms with van der Waals surface area (Å²) in [6.07, 6.45) is 4.30. The number of anilines is 1. The van der Waals surface area contributed by atoms with Gasteiger partial charge < -0.3 is 20.7 Å². The minimum atomic E-state index is -1.06. The molecule has 20 heavy (non-hydrogen) atoms. The molecular formula is C12H13N5O3. The van der Waals surface area contributed by atoms with Crippen molar-refractivity contribution >= 4 is 17.7 Å². The van der Waals surface area contributed by atoms with E-state index >= 15 is 0 Å². The van der Waals surface area contributed by atoms with Crippen LogP contribution in [-0.4, -0.2) is 38.1 Å². The summed E-state index contributed by atoms with van der Waals surface area (Å²) in [5.74, 6) is -0.974. The Morgan fingerprint density at radius 3 is 2.70 bits per heavy atom. The lowest BCUT2D eigenvalue weighted by atomic mass is 10.3. The Morgan fingerprint density at radius 1 is 1.35 bits per heavy atom. The lowest BCUT2D eigenvalue weighted by Gasteiger charge is -2.06. The zero-order valence-corrected chi connectivity index (χ0v) is 10.5. The molecule has 0 aromatic carbocycles. The molecule has 2 aromatic rings. The number of imidazole rings is 1. The van der Waals surface area contributed by atoms with Gasteiger partial charge in [0.05, 0.1) is 11.9 Å². The zero-order chi connectivity index (χ0) is 14.5. The molecule has 0 aliphatic carbocycles. The summed E-state index contributed by atoms with van der Waals surface area (Å²) in [5, 5.41) is 11.8. The summed E-state index contributed by atoms with van der Waals surface area (Å²) in [6, 6.07) is 3.23. The number of primary amides is 1. The third kappa shape index (κ3) is 3.31. The molecule has 0 bridgehead atoms. The van der Waals surface area contributed by atoms with Gasteiger partial charge in [-0.3, -0.25) is 4.79 Å². The van der Waals surface area contributed by atoms with Crippen LogP contribution in [0.2, 0.25) is 0 Å². The fourth-order valence-corrected chi connectivity index (χ4v) is 1.55. The van der Waals surface area contributed by atoms with Gasteiger partial charge in [0.1, 0.15) is 5.82 Å². The molecule has 0 fully saturated rings. The molecule has 2 heterocycles. The van der Waals surface area contributed by atoms with Gasteiger partial charge >= 0.3 is 5.97 Å². The first-order valence-corrected chi connectivity index (χ1v) is 5.81. The third-order valence-corrected chi connectivity index (χ3v) is 2.58. The van der Waals surface area contributed by atoms with Crippen LogP contribution >= 0.6 is 0 Å². The molecule has 8 heteroatoms. The van der Waals surface area contributed by atoms with Gasteiger partial charge in [-0.25, -0.2) is 14.8 Å². The number of aromatic nitrogens is 3. The number of nitrogens with one attached hydrogen (secondary N) is 1. The molecule has 0 spiro atoms. The van der Waals surface area contributed by atoms with E-state index in [1.807, 2.05) is 0 Å². The van der Waals surface area contributed by atoms with Crippen LogP contribution in [-0.2, 0) is 6.54 Å². The fraction of sp³-hybridized carbons (Fsp3) is 0.167. The summed E-state index contributed by atoms with van der Waals surface area (Å²) < 4.78 is 1.66. The predicted octanol–water partition coefficient (Wildman–Crippen LogP) is 0.187. The number of carbonyl (C=O) groups is 2. The van der Waals surface area contributed by atoms with Crippen molar-refractivity contribution in [3.8, 4) is 0 Å². The van der Waals surface area contributed by atoms with Gasteiger partial charge in [-0.1, -0.05) is 0 Å². The fourth-order valence-electron chi connectivity index (χ4n) is 1.55. The molecule has 0 aliphatic rings. The topological polar surface area (TPSA) is 123 Å². The monoisotopic (exact) mass is 275 g/mol. The Morgan fingerprint density at radius 2 is 2.15 bits per heavy atom. The van der Waals surface area contributed by atoms with Crippen molar-refractivity contribution in [2.24, 2.45) is 5.73 Å². The maximum Gasteiger partial charge on any atom is 0.356 e. The van der Waals surface area contributed by atoms with Crippen LogP contribution in [0.3, 0.4) is 0 Å². The standard InChI is InChI=1S/C12H13N5O3/c13-11(18)8-1-2-10(15-5-8)14-3-4-17-6-9(12(19)20)16-7-17/h1-2,5-7H,3-4H2,(H2,13,18)(H,14,15)(H,19,20). The summed E-state index contributed by atoms with van der Waals surface area (Å²) >= 11 is 0. The van der Waals surface area contributed by atoms with E-state index in [9.17, 15) is 9.59 Å². The molecule has 2 rings (SSSR count). The van der Waals surface area contributed by atoms with Crippen LogP contribution in [0.4, 0.5) is 5.82 Å². The van der Waals surface area contributed by atoms with Crippen molar-refractivity contribution < 1.29 is 14.7 Å². The average molecular weight is 275 g/mol. The highest BCUT2D eigenvalue weighted by atomic mass is 16.4. The molecule has 0 atom stereocenters. The Bertz CT molecular complexity index is 620. The summed E-state index contributed by atoms with van der Waals surface area (Å²) in [4.78, 5) is 29.3. The van der Waals surface area contributed by atoms with Gasteiger partial charge in [0.2, 0.25) is 5.91 Å². The van der Waals surface area contributed by atoms with E-state index in [-0.39, 0.29) is 5.69 Å². The zero-order valence-electron chi connectivity index (χ0n) is 10.5. The number of rotatable bonds is 6. The van der Waals surface area contributed by atoms with Gasteiger partial charge in [0, 0.05) is 25.5 Å². The first-order chi connectivity index (χ1) is 9.56. The smallest absolute Gasteiger partial charge is 0.356 e. The number of aromatic carboxylic acids is 1. The number of pyridine rings is 1. The number of carboxylic acids is 1. The van der Waals surface area contributed by atoms with E-state index in [0.717, 1.165) is 0 Å². The van der Waals surface area contributed by atoms with Gasteiger partial charge in [-0.05, 0) is 12.1 Å². The van der Waals surface area contributed by atoms with Gasteiger partial charge in [-0.2, -0.15) is 0 Å². The summed E-state index contributed by atoms with van der Waals surface area (Å²) in [7, 11) is 0. The number of carbonyl (C=O) groups excluding carboxylic acids is 1. The number of carboxylic acid groups (broad SMARTS) is 1. The molecule has 0 saturated heterocycles. The molecule has 0 aliphatic heterocycles. The number of hydrogen-bond donors (Lipinski definition) is 3. The van der Waals surface area contributed by atoms with Crippen LogP contribution in [0.15, 0.2) is 30.9 Å². The number of nitrogens with two attached hydrogens (primary N) is 1. The lowest BCUT2D eigenvalue weighted by molar-refractivity contribution is 0.0690. The third-order valence-electron chi connectivity index (χ3n) is 2.58. The second-order valence-corrected chi connectivity index (χ2v) is 4.03. The molecule has 0 saturated carbocycles. The molecule has 1 amide bonds. The van der Waals surface area contributed by atoms with Crippen molar-refractivity contribution in [1.82, 2.24) is 14.5 Å². The number of amides is 1. The molecule has 0 radical (unpaired) electrons. The highest BCUT2D eigenvalue weighted by Gasteiger charge is 2.06. The van der Waals surface area contributed by atoms with E-state index in [1.54, 1.807) is 16.7 Å². The molecule has 0 unspecified atom stereocenters. The minimum absolute atomic E-state index is 0.00827. The number of hydrogen-bond acceptors (Lipinski definition) is 5. The molecule has 104 valence electrons. The first-order valence-electron chi connectivity index (χ1n) is 5.81. The van der Waals surface area contributed by atoms with Crippen molar-refractivity contribution in [2.75, 3.05) is 11.9 Å². The van der Waals surface area contributed by atoms with E-state index in [1.165, 1.54) is 18.7 Å². The van der Waals surface area contributed by atoms with E-state index in [2.05, 4.69) is 15.3 Å². The predicted molar refractivity (Wildman–Crippen MR) is 70.4 cm³/mol. The number of nitrogens with zero attached hydrogens (tertiary/aromatic N) is 3.